The van der Waals surface area contributed by atoms with Crippen LogP contribution in [0.4, 0.5) is 10.8 Å². The number of nitro benzene ring substituents is 1. The molecule has 8 nitrogen and oxygen atoms in total. The summed E-state index contributed by atoms with van der Waals surface area (Å²) in [5.41, 5.74) is 3.38. The SMILES string of the molecule is COC(=O)c1cc(C(=O)Nc2nc(-c3ccc(C)cc3C)cs2)cc([N+](=O)[O-])c1. The van der Waals surface area contributed by atoms with Gasteiger partial charge >= 0.3 is 5.97 Å². The van der Waals surface area contributed by atoms with Gasteiger partial charge in [-0.05, 0) is 25.5 Å². The summed E-state index contributed by atoms with van der Waals surface area (Å²) in [5.74, 6) is -1.38. The van der Waals surface area contributed by atoms with Crippen LogP contribution >= 0.6 is 11.3 Å². The average Bonchev–Trinajstić information content (AvgIpc) is 3.14. The molecule has 9 heteroatoms. The van der Waals surface area contributed by atoms with Crippen molar-refractivity contribution in [2.45, 2.75) is 13.8 Å². The molecule has 0 atom stereocenters. The van der Waals surface area contributed by atoms with Gasteiger partial charge in [0.25, 0.3) is 11.6 Å². The minimum Gasteiger partial charge on any atom is -0.465 e. The molecule has 0 spiro atoms. The van der Waals surface area contributed by atoms with Crippen LogP contribution in [0.25, 0.3) is 11.3 Å². The molecule has 0 unspecified atom stereocenters. The molecule has 0 fully saturated rings. The Hall–Kier alpha value is -3.59. The number of carbonyl (C=O) groups is 2. The van der Waals surface area contributed by atoms with Gasteiger partial charge in [-0.15, -0.1) is 11.3 Å². The van der Waals surface area contributed by atoms with Gasteiger partial charge in [-0.25, -0.2) is 9.78 Å². The number of nitro groups is 1. The first-order chi connectivity index (χ1) is 13.8. The molecule has 0 saturated carbocycles. The van der Waals surface area contributed by atoms with E-state index in [1.54, 1.807) is 0 Å². The van der Waals surface area contributed by atoms with E-state index in [0.29, 0.717) is 5.13 Å². The van der Waals surface area contributed by atoms with E-state index >= 15 is 0 Å². The van der Waals surface area contributed by atoms with Gasteiger partial charge in [0.05, 0.1) is 23.3 Å². The summed E-state index contributed by atoms with van der Waals surface area (Å²) in [7, 11) is 1.16. The van der Waals surface area contributed by atoms with Crippen molar-refractivity contribution in [2.75, 3.05) is 12.4 Å². The fraction of sp³-hybridized carbons (Fsp3) is 0.150. The molecule has 3 aromatic rings. The predicted molar refractivity (Wildman–Crippen MR) is 109 cm³/mol. The molecule has 2 aromatic carbocycles. The zero-order valence-electron chi connectivity index (χ0n) is 15.9. The van der Waals surface area contributed by atoms with E-state index in [1.165, 1.54) is 17.4 Å². The third-order valence-corrected chi connectivity index (χ3v) is 4.95. The highest BCUT2D eigenvalue weighted by molar-refractivity contribution is 7.14. The number of non-ortho nitro benzene ring substituents is 1. The lowest BCUT2D eigenvalue weighted by molar-refractivity contribution is -0.384. The number of aromatic nitrogens is 1. The number of nitrogens with zero attached hydrogens (tertiary/aromatic N) is 2. The quantitative estimate of drug-likeness (QED) is 0.379. The van der Waals surface area contributed by atoms with Crippen molar-refractivity contribution in [3.8, 4) is 11.3 Å². The molecule has 0 aliphatic carbocycles. The summed E-state index contributed by atoms with van der Waals surface area (Å²) >= 11 is 1.24. The highest BCUT2D eigenvalue weighted by Crippen LogP contribution is 2.28. The van der Waals surface area contributed by atoms with Crippen molar-refractivity contribution < 1.29 is 19.2 Å². The second-order valence-corrected chi connectivity index (χ2v) is 7.19. The highest BCUT2D eigenvalue weighted by atomic mass is 32.1. The topological polar surface area (TPSA) is 111 Å². The molecule has 1 heterocycles. The van der Waals surface area contributed by atoms with Crippen molar-refractivity contribution >= 4 is 34.0 Å². The number of carbonyl (C=O) groups excluding carboxylic acids is 2. The van der Waals surface area contributed by atoms with Crippen LogP contribution in [0.15, 0.2) is 41.8 Å². The van der Waals surface area contributed by atoms with Crippen LogP contribution in [0, 0.1) is 24.0 Å². The molecule has 0 radical (unpaired) electrons. The Balaban J connectivity index is 1.87. The van der Waals surface area contributed by atoms with Crippen molar-refractivity contribution in [1.82, 2.24) is 4.98 Å². The number of ether oxygens (including phenoxy) is 1. The number of rotatable bonds is 5. The number of hydrogen-bond donors (Lipinski definition) is 1. The van der Waals surface area contributed by atoms with Crippen LogP contribution in [-0.2, 0) is 4.74 Å². The summed E-state index contributed by atoms with van der Waals surface area (Å²) < 4.78 is 4.59. The molecule has 1 aromatic heterocycles. The number of esters is 1. The van der Waals surface area contributed by atoms with E-state index in [2.05, 4.69) is 15.0 Å². The normalized spacial score (nSPS) is 10.4. The van der Waals surface area contributed by atoms with Crippen LogP contribution in [0.5, 0.6) is 0 Å². The molecule has 3 rings (SSSR count). The van der Waals surface area contributed by atoms with Gasteiger partial charge < -0.3 is 4.74 Å². The number of anilines is 1. The summed E-state index contributed by atoms with van der Waals surface area (Å²) in [5, 5.41) is 15.9. The van der Waals surface area contributed by atoms with Crippen LogP contribution in [0.2, 0.25) is 0 Å². The predicted octanol–water partition coefficient (Wildman–Crippen LogP) is 4.37. The Bertz CT molecular complexity index is 1120. The maximum atomic E-state index is 12.6. The van der Waals surface area contributed by atoms with Gasteiger partial charge in [0.15, 0.2) is 5.13 Å². The van der Waals surface area contributed by atoms with Crippen molar-refractivity contribution in [1.29, 1.82) is 0 Å². The smallest absolute Gasteiger partial charge is 0.338 e. The van der Waals surface area contributed by atoms with Gasteiger partial charge in [0.2, 0.25) is 0 Å². The van der Waals surface area contributed by atoms with Crippen LogP contribution in [-0.4, -0.2) is 28.9 Å². The molecule has 1 N–H and O–H groups in total. The third-order valence-electron chi connectivity index (χ3n) is 4.19. The monoisotopic (exact) mass is 411 g/mol. The minimum absolute atomic E-state index is 0.0390. The number of benzene rings is 2. The number of nitrogens with one attached hydrogen (secondary N) is 1. The molecule has 1 amide bonds. The van der Waals surface area contributed by atoms with Crippen LogP contribution < -0.4 is 5.32 Å². The van der Waals surface area contributed by atoms with E-state index in [4.69, 9.17) is 0 Å². The number of aryl methyl sites for hydroxylation is 2. The number of methoxy groups -OCH3 is 1. The number of hydrogen-bond acceptors (Lipinski definition) is 7. The Kier molecular flexibility index (Phi) is 5.69. The Morgan fingerprint density at radius 2 is 1.86 bits per heavy atom. The van der Waals surface area contributed by atoms with E-state index in [-0.39, 0.29) is 16.8 Å². The van der Waals surface area contributed by atoms with E-state index < -0.39 is 16.8 Å². The molecular weight excluding hydrogens is 394 g/mol. The maximum Gasteiger partial charge on any atom is 0.338 e. The molecule has 0 aliphatic heterocycles. The summed E-state index contributed by atoms with van der Waals surface area (Å²) in [6.07, 6.45) is 0. The molecule has 0 bridgehead atoms. The second kappa shape index (κ2) is 8.19. The standard InChI is InChI=1S/C20H17N3O5S/c1-11-4-5-16(12(2)6-11)17-10-29-20(21-17)22-18(24)13-7-14(19(25)28-3)9-15(8-13)23(26)27/h4-10H,1-3H3,(H,21,22,24). The van der Waals surface area contributed by atoms with Crippen molar-refractivity contribution in [3.05, 3.63) is 74.1 Å². The third kappa shape index (κ3) is 4.46. The average molecular weight is 411 g/mol. The lowest BCUT2D eigenvalue weighted by Crippen LogP contribution is -2.14. The summed E-state index contributed by atoms with van der Waals surface area (Å²) in [6.45, 7) is 3.99. The Labute approximate surface area is 170 Å². The van der Waals surface area contributed by atoms with Crippen molar-refractivity contribution in [2.24, 2.45) is 0 Å². The summed E-state index contributed by atoms with van der Waals surface area (Å²) in [4.78, 5) is 39.2. The molecule has 0 aliphatic rings. The first kappa shape index (κ1) is 20.2. The van der Waals surface area contributed by atoms with Gasteiger partial charge in [-0.2, -0.15) is 0 Å². The number of thiazole rings is 1. The van der Waals surface area contributed by atoms with Crippen molar-refractivity contribution in [3.63, 3.8) is 0 Å². The van der Waals surface area contributed by atoms with E-state index in [0.717, 1.165) is 41.6 Å². The first-order valence-corrected chi connectivity index (χ1v) is 9.38. The zero-order chi connectivity index (χ0) is 21.1. The number of amides is 1. The molecular formula is C20H17N3O5S. The van der Waals surface area contributed by atoms with E-state index in [9.17, 15) is 19.7 Å². The van der Waals surface area contributed by atoms with E-state index in [1.807, 2.05) is 37.4 Å². The van der Waals surface area contributed by atoms with Crippen LogP contribution in [0.1, 0.15) is 31.8 Å². The largest absolute Gasteiger partial charge is 0.465 e. The fourth-order valence-corrected chi connectivity index (χ4v) is 3.51. The second-order valence-electron chi connectivity index (χ2n) is 6.33. The minimum atomic E-state index is -0.769. The maximum absolute atomic E-state index is 12.6. The lowest BCUT2D eigenvalue weighted by atomic mass is 10.0. The Morgan fingerprint density at radius 1 is 1.14 bits per heavy atom. The fourth-order valence-electron chi connectivity index (χ4n) is 2.81. The molecule has 0 saturated heterocycles. The van der Waals surface area contributed by atoms with Gasteiger partial charge in [-0.1, -0.05) is 23.8 Å². The molecule has 29 heavy (non-hydrogen) atoms. The van der Waals surface area contributed by atoms with Crippen LogP contribution in [0.3, 0.4) is 0 Å². The lowest BCUT2D eigenvalue weighted by Gasteiger charge is -2.05. The highest BCUT2D eigenvalue weighted by Gasteiger charge is 2.19. The molecule has 148 valence electrons. The van der Waals surface area contributed by atoms with Gasteiger partial charge in [0.1, 0.15) is 0 Å². The zero-order valence-corrected chi connectivity index (χ0v) is 16.7. The van der Waals surface area contributed by atoms with Gasteiger partial charge in [-0.3, -0.25) is 20.2 Å². The van der Waals surface area contributed by atoms with Gasteiger partial charge in [0, 0.05) is 28.6 Å². The first-order valence-electron chi connectivity index (χ1n) is 8.51. The summed E-state index contributed by atoms with van der Waals surface area (Å²) in [6, 6.07) is 9.40. The Morgan fingerprint density at radius 3 is 2.52 bits per heavy atom.